The number of methoxy groups -OCH3 is 1. The zero-order valence-electron chi connectivity index (χ0n) is 16.4. The molecule has 1 amide bonds. The molecule has 0 aliphatic rings. The Labute approximate surface area is 181 Å². The van der Waals surface area contributed by atoms with Crippen LogP contribution in [-0.2, 0) is 9.84 Å². The van der Waals surface area contributed by atoms with Gasteiger partial charge in [0, 0.05) is 6.07 Å². The van der Waals surface area contributed by atoms with Gasteiger partial charge in [-0.05, 0) is 30.3 Å². The number of nitro groups is 2. The van der Waals surface area contributed by atoms with E-state index in [1.165, 1.54) is 49.6 Å². The molecule has 11 nitrogen and oxygen atoms in total. The lowest BCUT2D eigenvalue weighted by atomic mass is 10.2. The van der Waals surface area contributed by atoms with E-state index in [0.29, 0.717) is 0 Å². The molecule has 32 heavy (non-hydrogen) atoms. The number of hydrogen-bond acceptors (Lipinski definition) is 8. The lowest BCUT2D eigenvalue weighted by molar-refractivity contribution is -0.387. The van der Waals surface area contributed by atoms with Gasteiger partial charge in [0.2, 0.25) is 9.84 Å². The topological polar surface area (TPSA) is 159 Å². The summed E-state index contributed by atoms with van der Waals surface area (Å²) in [5.41, 5.74) is -1.63. The van der Waals surface area contributed by atoms with Crippen molar-refractivity contribution in [3.05, 3.63) is 92.5 Å². The second kappa shape index (κ2) is 8.81. The predicted octanol–water partition coefficient (Wildman–Crippen LogP) is 3.60. The van der Waals surface area contributed by atoms with Crippen molar-refractivity contribution in [3.8, 4) is 5.75 Å². The fourth-order valence-electron chi connectivity index (χ4n) is 2.93. The lowest BCUT2D eigenvalue weighted by Gasteiger charge is -2.12. The highest BCUT2D eigenvalue weighted by Gasteiger charge is 2.31. The first-order valence-corrected chi connectivity index (χ1v) is 10.4. The van der Waals surface area contributed by atoms with Gasteiger partial charge in [-0.1, -0.05) is 24.3 Å². The minimum atomic E-state index is -4.48. The van der Waals surface area contributed by atoms with Gasteiger partial charge in [-0.2, -0.15) is 0 Å². The SMILES string of the molecule is COc1ccc(NC(=O)c2ccccc2S(=O)(=O)c2ccccc2[N+](=O)[O-])c([N+](=O)[O-])c1. The zero-order chi connectivity index (χ0) is 23.5. The number of nitrogens with one attached hydrogen (secondary N) is 1. The summed E-state index contributed by atoms with van der Waals surface area (Å²) in [5.74, 6) is -0.759. The number of sulfone groups is 1. The van der Waals surface area contributed by atoms with E-state index in [2.05, 4.69) is 5.32 Å². The number of amides is 1. The van der Waals surface area contributed by atoms with Crippen molar-refractivity contribution in [2.75, 3.05) is 12.4 Å². The van der Waals surface area contributed by atoms with Crippen molar-refractivity contribution in [2.45, 2.75) is 9.79 Å². The normalized spacial score (nSPS) is 10.9. The molecule has 0 atom stereocenters. The van der Waals surface area contributed by atoms with Crippen LogP contribution >= 0.6 is 0 Å². The average Bonchev–Trinajstić information content (AvgIpc) is 2.79. The molecule has 0 bridgehead atoms. The minimum absolute atomic E-state index is 0.182. The van der Waals surface area contributed by atoms with Crippen LogP contribution in [0.2, 0.25) is 0 Å². The Morgan fingerprint density at radius 1 is 0.875 bits per heavy atom. The molecule has 164 valence electrons. The smallest absolute Gasteiger partial charge is 0.296 e. The van der Waals surface area contributed by atoms with Crippen molar-refractivity contribution in [2.24, 2.45) is 0 Å². The summed E-state index contributed by atoms with van der Waals surface area (Å²) >= 11 is 0. The number of hydrogen-bond donors (Lipinski definition) is 1. The molecule has 3 aromatic rings. The zero-order valence-corrected chi connectivity index (χ0v) is 17.2. The van der Waals surface area contributed by atoms with Crippen molar-refractivity contribution in [3.63, 3.8) is 0 Å². The van der Waals surface area contributed by atoms with E-state index in [1.807, 2.05) is 0 Å². The number of benzene rings is 3. The first-order chi connectivity index (χ1) is 15.2. The van der Waals surface area contributed by atoms with Crippen LogP contribution in [0.3, 0.4) is 0 Å². The summed E-state index contributed by atoms with van der Waals surface area (Å²) in [7, 11) is -3.16. The quantitative estimate of drug-likeness (QED) is 0.416. The Morgan fingerprint density at radius 2 is 1.47 bits per heavy atom. The van der Waals surface area contributed by atoms with Gasteiger partial charge in [-0.15, -0.1) is 0 Å². The van der Waals surface area contributed by atoms with Crippen LogP contribution in [0.25, 0.3) is 0 Å². The Kier molecular flexibility index (Phi) is 6.16. The molecule has 3 rings (SSSR count). The van der Waals surface area contributed by atoms with Crippen LogP contribution in [0, 0.1) is 20.2 Å². The third-order valence-electron chi connectivity index (χ3n) is 4.42. The molecule has 0 fully saturated rings. The fourth-order valence-corrected chi connectivity index (χ4v) is 4.55. The van der Waals surface area contributed by atoms with E-state index in [4.69, 9.17) is 4.74 Å². The minimum Gasteiger partial charge on any atom is -0.496 e. The molecular formula is C20H15N3O8S. The van der Waals surface area contributed by atoms with Crippen LogP contribution in [0.1, 0.15) is 10.4 Å². The molecule has 0 aliphatic heterocycles. The van der Waals surface area contributed by atoms with Crippen molar-refractivity contribution in [1.82, 2.24) is 0 Å². The third-order valence-corrected chi connectivity index (χ3v) is 6.28. The van der Waals surface area contributed by atoms with Crippen LogP contribution in [-0.4, -0.2) is 31.3 Å². The monoisotopic (exact) mass is 457 g/mol. The van der Waals surface area contributed by atoms with E-state index >= 15 is 0 Å². The highest BCUT2D eigenvalue weighted by Crippen LogP contribution is 2.33. The molecule has 0 saturated heterocycles. The van der Waals surface area contributed by atoms with Crippen LogP contribution < -0.4 is 10.1 Å². The molecule has 3 aromatic carbocycles. The van der Waals surface area contributed by atoms with Gasteiger partial charge in [-0.25, -0.2) is 8.42 Å². The first kappa shape index (κ1) is 22.4. The molecule has 0 saturated carbocycles. The molecule has 0 radical (unpaired) electrons. The molecular weight excluding hydrogens is 442 g/mol. The first-order valence-electron chi connectivity index (χ1n) is 8.88. The Balaban J connectivity index is 2.08. The maximum Gasteiger partial charge on any atom is 0.296 e. The van der Waals surface area contributed by atoms with Crippen LogP contribution in [0.5, 0.6) is 5.75 Å². The predicted molar refractivity (Wildman–Crippen MR) is 113 cm³/mol. The van der Waals surface area contributed by atoms with Gasteiger partial charge in [0.05, 0.1) is 33.5 Å². The largest absolute Gasteiger partial charge is 0.496 e. The highest BCUT2D eigenvalue weighted by molar-refractivity contribution is 7.91. The van der Waals surface area contributed by atoms with Crippen molar-refractivity contribution in [1.29, 1.82) is 0 Å². The van der Waals surface area contributed by atoms with Gasteiger partial charge >= 0.3 is 0 Å². The van der Waals surface area contributed by atoms with E-state index in [0.717, 1.165) is 24.3 Å². The fraction of sp³-hybridized carbons (Fsp3) is 0.0500. The van der Waals surface area contributed by atoms with E-state index in [-0.39, 0.29) is 17.0 Å². The summed E-state index contributed by atoms with van der Waals surface area (Å²) < 4.78 is 31.3. The van der Waals surface area contributed by atoms with Crippen LogP contribution in [0.15, 0.2) is 76.5 Å². The van der Waals surface area contributed by atoms with Gasteiger partial charge in [0.1, 0.15) is 16.3 Å². The van der Waals surface area contributed by atoms with Crippen molar-refractivity contribution >= 4 is 32.8 Å². The number of para-hydroxylation sites is 1. The summed E-state index contributed by atoms with van der Waals surface area (Å²) in [6.07, 6.45) is 0. The van der Waals surface area contributed by atoms with Crippen LogP contribution in [0.4, 0.5) is 17.1 Å². The molecule has 0 aromatic heterocycles. The number of nitro benzene ring substituents is 2. The maximum absolute atomic E-state index is 13.2. The van der Waals surface area contributed by atoms with Gasteiger partial charge in [0.15, 0.2) is 0 Å². The maximum atomic E-state index is 13.2. The average molecular weight is 457 g/mol. The molecule has 12 heteroatoms. The molecule has 0 aliphatic carbocycles. The molecule has 0 unspecified atom stereocenters. The van der Waals surface area contributed by atoms with Gasteiger partial charge < -0.3 is 10.1 Å². The van der Waals surface area contributed by atoms with Gasteiger partial charge in [0.25, 0.3) is 17.3 Å². The lowest BCUT2D eigenvalue weighted by Crippen LogP contribution is -2.17. The third kappa shape index (κ3) is 4.25. The molecule has 1 N–H and O–H groups in total. The summed E-state index contributed by atoms with van der Waals surface area (Å²) in [6.45, 7) is 0. The molecule has 0 heterocycles. The number of anilines is 1. The van der Waals surface area contributed by atoms with E-state index in [9.17, 15) is 33.4 Å². The number of nitrogens with zero attached hydrogens (tertiary/aromatic N) is 2. The summed E-state index contributed by atoms with van der Waals surface area (Å²) in [5, 5.41) is 25.0. The van der Waals surface area contributed by atoms with E-state index in [1.54, 1.807) is 0 Å². The standard InChI is InChI=1S/C20H15N3O8S/c1-31-13-10-11-15(17(12-13)23(27)28)21-20(24)14-6-2-4-8-18(14)32(29,30)19-9-5-3-7-16(19)22(25)26/h2-12H,1H3,(H,21,24). The number of carbonyl (C=O) groups excluding carboxylic acids is 1. The van der Waals surface area contributed by atoms with Crippen molar-refractivity contribution < 1.29 is 27.8 Å². The van der Waals surface area contributed by atoms with E-state index < -0.39 is 46.8 Å². The Morgan fingerprint density at radius 3 is 2.09 bits per heavy atom. The number of rotatable bonds is 7. The Hall–Kier alpha value is -4.32. The molecule has 0 spiro atoms. The Bertz CT molecular complexity index is 1340. The summed E-state index contributed by atoms with van der Waals surface area (Å²) in [6, 6.07) is 13.6. The summed E-state index contributed by atoms with van der Waals surface area (Å²) in [4.78, 5) is 32.9. The second-order valence-electron chi connectivity index (χ2n) is 6.32. The highest BCUT2D eigenvalue weighted by atomic mass is 32.2. The number of carbonyl (C=O) groups is 1. The second-order valence-corrected chi connectivity index (χ2v) is 8.21. The van der Waals surface area contributed by atoms with Gasteiger partial charge in [-0.3, -0.25) is 25.0 Å². The number of ether oxygens (including phenoxy) is 1.